The Balaban J connectivity index is 2.95. The maximum absolute atomic E-state index is 8.76. The van der Waals surface area contributed by atoms with Gasteiger partial charge in [-0.3, -0.25) is 0 Å². The van der Waals surface area contributed by atoms with Crippen molar-refractivity contribution in [3.8, 4) is 6.07 Å². The lowest BCUT2D eigenvalue weighted by Gasteiger charge is -2.07. The maximum Gasteiger partial charge on any atom is 0.0947 e. The molecular formula is C12H15N. The highest BCUT2D eigenvalue weighted by Gasteiger charge is 2.01. The Bertz CT molecular complexity index is 311. The van der Waals surface area contributed by atoms with E-state index in [4.69, 9.17) is 5.26 Å². The summed E-state index contributed by atoms with van der Waals surface area (Å²) >= 11 is 0. The highest BCUT2D eigenvalue weighted by Crippen LogP contribution is 2.19. The second-order valence-corrected chi connectivity index (χ2v) is 3.27. The summed E-state index contributed by atoms with van der Waals surface area (Å²) in [4.78, 5) is 0. The molecule has 1 nitrogen and oxygen atoms in total. The van der Waals surface area contributed by atoms with E-state index in [0.29, 0.717) is 0 Å². The first-order valence-electron chi connectivity index (χ1n) is 4.75. The summed E-state index contributed by atoms with van der Waals surface area (Å²) < 4.78 is 0. The molecule has 1 aliphatic carbocycles. The average Bonchev–Trinajstić information content (AvgIpc) is 2.12. The van der Waals surface area contributed by atoms with Crippen molar-refractivity contribution in [3.05, 3.63) is 34.9 Å². The predicted octanol–water partition coefficient (Wildman–Crippen LogP) is 3.51. The van der Waals surface area contributed by atoms with Crippen molar-refractivity contribution in [3.63, 3.8) is 0 Å². The van der Waals surface area contributed by atoms with E-state index in [1.165, 1.54) is 11.1 Å². The minimum absolute atomic E-state index is 0.876. The Morgan fingerprint density at radius 2 is 2.23 bits per heavy atom. The largest absolute Gasteiger partial charge is 0.193 e. The SMILES string of the molecule is CCC1=C/C=C(/C#N)CCC=C1C. The molecule has 0 heterocycles. The molecule has 0 saturated heterocycles. The summed E-state index contributed by atoms with van der Waals surface area (Å²) in [7, 11) is 0. The molecule has 0 amide bonds. The van der Waals surface area contributed by atoms with Crippen molar-refractivity contribution < 1.29 is 0 Å². The Morgan fingerprint density at radius 3 is 2.85 bits per heavy atom. The zero-order valence-corrected chi connectivity index (χ0v) is 8.30. The fraction of sp³-hybridized carbons (Fsp3) is 0.417. The lowest BCUT2D eigenvalue weighted by molar-refractivity contribution is 0.978. The summed E-state index contributed by atoms with van der Waals surface area (Å²) in [6, 6.07) is 2.22. The van der Waals surface area contributed by atoms with E-state index in [-0.39, 0.29) is 0 Å². The van der Waals surface area contributed by atoms with E-state index >= 15 is 0 Å². The smallest absolute Gasteiger partial charge is 0.0947 e. The monoisotopic (exact) mass is 173 g/mol. The molecule has 0 fully saturated rings. The van der Waals surface area contributed by atoms with Crippen LogP contribution in [-0.4, -0.2) is 0 Å². The van der Waals surface area contributed by atoms with Gasteiger partial charge in [0.15, 0.2) is 0 Å². The lowest BCUT2D eigenvalue weighted by atomic mass is 9.98. The predicted molar refractivity (Wildman–Crippen MR) is 55.1 cm³/mol. The van der Waals surface area contributed by atoms with Crippen molar-refractivity contribution in [2.24, 2.45) is 0 Å². The van der Waals surface area contributed by atoms with Gasteiger partial charge in [0.2, 0.25) is 0 Å². The molecular weight excluding hydrogens is 158 g/mol. The zero-order valence-electron chi connectivity index (χ0n) is 8.30. The summed E-state index contributed by atoms with van der Waals surface area (Å²) in [5.41, 5.74) is 3.58. The van der Waals surface area contributed by atoms with Gasteiger partial charge in [-0.1, -0.05) is 24.6 Å². The van der Waals surface area contributed by atoms with Crippen LogP contribution in [0.5, 0.6) is 0 Å². The van der Waals surface area contributed by atoms with Gasteiger partial charge in [-0.25, -0.2) is 0 Å². The third kappa shape index (κ3) is 2.59. The van der Waals surface area contributed by atoms with Gasteiger partial charge in [-0.2, -0.15) is 5.26 Å². The molecule has 0 saturated carbocycles. The van der Waals surface area contributed by atoms with Crippen LogP contribution in [0.25, 0.3) is 0 Å². The lowest BCUT2D eigenvalue weighted by Crippen LogP contribution is -1.88. The molecule has 1 rings (SSSR count). The average molecular weight is 173 g/mol. The van der Waals surface area contributed by atoms with Crippen LogP contribution in [0.15, 0.2) is 34.9 Å². The van der Waals surface area contributed by atoms with E-state index in [2.05, 4.69) is 32.1 Å². The van der Waals surface area contributed by atoms with Crippen LogP contribution < -0.4 is 0 Å². The van der Waals surface area contributed by atoms with E-state index in [9.17, 15) is 0 Å². The van der Waals surface area contributed by atoms with Crippen LogP contribution in [0.2, 0.25) is 0 Å². The number of hydrogen-bond donors (Lipinski definition) is 0. The fourth-order valence-electron chi connectivity index (χ4n) is 1.48. The van der Waals surface area contributed by atoms with E-state index in [1.807, 2.05) is 6.08 Å². The Labute approximate surface area is 80.1 Å². The van der Waals surface area contributed by atoms with Crippen molar-refractivity contribution in [2.75, 3.05) is 0 Å². The Hall–Kier alpha value is -1.29. The Kier molecular flexibility index (Phi) is 3.52. The van der Waals surface area contributed by atoms with Crippen molar-refractivity contribution >= 4 is 0 Å². The molecule has 1 heteroatoms. The van der Waals surface area contributed by atoms with Crippen LogP contribution in [-0.2, 0) is 0 Å². The van der Waals surface area contributed by atoms with Gasteiger partial charge in [0.1, 0.15) is 0 Å². The third-order valence-electron chi connectivity index (χ3n) is 2.38. The summed E-state index contributed by atoms with van der Waals surface area (Å²) in [5, 5.41) is 8.76. The molecule has 0 aliphatic heterocycles. The number of nitrogens with zero attached hydrogens (tertiary/aromatic N) is 1. The second kappa shape index (κ2) is 4.67. The minimum Gasteiger partial charge on any atom is -0.193 e. The zero-order chi connectivity index (χ0) is 9.68. The first-order valence-corrected chi connectivity index (χ1v) is 4.75. The van der Waals surface area contributed by atoms with Crippen molar-refractivity contribution in [1.29, 1.82) is 5.26 Å². The van der Waals surface area contributed by atoms with E-state index in [0.717, 1.165) is 24.8 Å². The molecule has 13 heavy (non-hydrogen) atoms. The number of rotatable bonds is 1. The molecule has 0 aromatic carbocycles. The molecule has 0 N–H and O–H groups in total. The third-order valence-corrected chi connectivity index (χ3v) is 2.38. The molecule has 0 radical (unpaired) electrons. The topological polar surface area (TPSA) is 23.8 Å². The molecule has 0 aromatic rings. The molecule has 1 aliphatic rings. The van der Waals surface area contributed by atoms with E-state index in [1.54, 1.807) is 0 Å². The summed E-state index contributed by atoms with van der Waals surface area (Å²) in [6.07, 6.45) is 9.15. The quantitative estimate of drug-likeness (QED) is 0.595. The molecule has 0 aromatic heterocycles. The van der Waals surface area contributed by atoms with Crippen LogP contribution in [0.1, 0.15) is 33.1 Å². The van der Waals surface area contributed by atoms with Gasteiger partial charge in [0, 0.05) is 5.57 Å². The van der Waals surface area contributed by atoms with Crippen LogP contribution in [0.4, 0.5) is 0 Å². The second-order valence-electron chi connectivity index (χ2n) is 3.27. The standard InChI is InChI=1S/C12H15N/c1-3-12-8-7-11(9-13)6-4-5-10(12)2/h5,7-8H,3-4,6H2,1-2H3/b10-5?,11-7+,12-8?. The van der Waals surface area contributed by atoms with Crippen LogP contribution in [0, 0.1) is 11.3 Å². The number of allylic oxidation sites excluding steroid dienone is 6. The fourth-order valence-corrected chi connectivity index (χ4v) is 1.48. The van der Waals surface area contributed by atoms with Gasteiger partial charge >= 0.3 is 0 Å². The molecule has 0 unspecified atom stereocenters. The van der Waals surface area contributed by atoms with E-state index < -0.39 is 0 Å². The summed E-state index contributed by atoms with van der Waals surface area (Å²) in [5.74, 6) is 0. The molecule has 68 valence electrons. The molecule has 0 spiro atoms. The van der Waals surface area contributed by atoms with Gasteiger partial charge in [-0.05, 0) is 37.8 Å². The van der Waals surface area contributed by atoms with Gasteiger partial charge in [-0.15, -0.1) is 0 Å². The first kappa shape index (κ1) is 9.80. The van der Waals surface area contributed by atoms with Gasteiger partial charge < -0.3 is 0 Å². The molecule has 0 atom stereocenters. The van der Waals surface area contributed by atoms with Crippen molar-refractivity contribution in [2.45, 2.75) is 33.1 Å². The number of nitriles is 1. The highest BCUT2D eigenvalue weighted by molar-refractivity contribution is 5.37. The first-order chi connectivity index (χ1) is 6.27. The number of hydrogen-bond acceptors (Lipinski definition) is 1. The Morgan fingerprint density at radius 1 is 1.46 bits per heavy atom. The van der Waals surface area contributed by atoms with Crippen LogP contribution in [0.3, 0.4) is 0 Å². The van der Waals surface area contributed by atoms with Crippen molar-refractivity contribution in [1.82, 2.24) is 0 Å². The normalized spacial score (nSPS) is 21.5. The minimum atomic E-state index is 0.876. The van der Waals surface area contributed by atoms with Gasteiger partial charge in [0.25, 0.3) is 0 Å². The summed E-state index contributed by atoms with van der Waals surface area (Å²) in [6.45, 7) is 4.28. The van der Waals surface area contributed by atoms with Gasteiger partial charge in [0.05, 0.1) is 6.07 Å². The highest BCUT2D eigenvalue weighted by atomic mass is 14.2. The maximum atomic E-state index is 8.76. The molecule has 0 bridgehead atoms. The van der Waals surface area contributed by atoms with Crippen LogP contribution >= 0.6 is 0 Å².